The molecular weight excluding hydrogens is 466 g/mol. The first-order valence-corrected chi connectivity index (χ1v) is 13.1. The molecule has 172 valence electrons. The fourth-order valence-electron chi connectivity index (χ4n) is 3.75. The molecule has 9 nitrogen and oxygen atoms in total. The molecule has 1 atom stereocenters. The number of anilines is 1. The van der Waals surface area contributed by atoms with Crippen molar-refractivity contribution < 1.29 is 27.1 Å². The SMILES string of the molecule is CCS(=O)(=O)N1CCc2cc(C(=O)CSc3nnc([C@@H]4COc5ccccc5O4)o3)ccc21. The number of hydrogen-bond acceptors (Lipinski definition) is 9. The summed E-state index contributed by atoms with van der Waals surface area (Å²) in [6.07, 6.45) is 0.0686. The van der Waals surface area contributed by atoms with Crippen molar-refractivity contribution in [3.63, 3.8) is 0 Å². The molecule has 0 fully saturated rings. The van der Waals surface area contributed by atoms with Gasteiger partial charge in [-0.3, -0.25) is 9.10 Å². The van der Waals surface area contributed by atoms with Gasteiger partial charge in [-0.2, -0.15) is 0 Å². The molecule has 3 aromatic rings. The Balaban J connectivity index is 1.22. The first kappa shape index (κ1) is 21.8. The lowest BCUT2D eigenvalue weighted by molar-refractivity contribution is 0.0686. The van der Waals surface area contributed by atoms with E-state index in [0.717, 1.165) is 17.3 Å². The van der Waals surface area contributed by atoms with Crippen molar-refractivity contribution in [2.24, 2.45) is 0 Å². The van der Waals surface area contributed by atoms with Gasteiger partial charge in [-0.15, -0.1) is 10.2 Å². The molecule has 0 amide bonds. The second-order valence-corrected chi connectivity index (χ2v) is 10.7. The molecule has 0 saturated heterocycles. The lowest BCUT2D eigenvalue weighted by atomic mass is 10.1. The number of rotatable bonds is 7. The largest absolute Gasteiger partial charge is 0.485 e. The van der Waals surface area contributed by atoms with Gasteiger partial charge in [0.2, 0.25) is 16.1 Å². The number of para-hydroxylation sites is 2. The normalized spacial score (nSPS) is 17.1. The highest BCUT2D eigenvalue weighted by Crippen LogP contribution is 2.36. The molecule has 0 bridgehead atoms. The van der Waals surface area contributed by atoms with Crippen LogP contribution >= 0.6 is 11.8 Å². The third-order valence-corrected chi connectivity index (χ3v) is 8.09. The summed E-state index contributed by atoms with van der Waals surface area (Å²) >= 11 is 1.14. The van der Waals surface area contributed by atoms with E-state index >= 15 is 0 Å². The van der Waals surface area contributed by atoms with E-state index in [1.54, 1.807) is 31.2 Å². The molecule has 0 spiro atoms. The Labute approximate surface area is 195 Å². The Hall–Kier alpha value is -3.05. The van der Waals surface area contributed by atoms with Gasteiger partial charge in [-0.25, -0.2) is 8.42 Å². The fraction of sp³-hybridized carbons (Fsp3) is 0.318. The molecule has 33 heavy (non-hydrogen) atoms. The Morgan fingerprint density at radius 1 is 1.18 bits per heavy atom. The minimum absolute atomic E-state index is 0.0421. The second kappa shape index (κ2) is 8.71. The van der Waals surface area contributed by atoms with Gasteiger partial charge >= 0.3 is 0 Å². The van der Waals surface area contributed by atoms with Crippen molar-refractivity contribution in [2.75, 3.05) is 29.0 Å². The van der Waals surface area contributed by atoms with E-state index in [9.17, 15) is 13.2 Å². The monoisotopic (exact) mass is 487 g/mol. The topological polar surface area (TPSA) is 112 Å². The van der Waals surface area contributed by atoms with E-state index in [1.807, 2.05) is 18.2 Å². The highest BCUT2D eigenvalue weighted by atomic mass is 32.2. The molecule has 2 aliphatic heterocycles. The van der Waals surface area contributed by atoms with E-state index in [1.165, 1.54) is 4.31 Å². The maximum absolute atomic E-state index is 12.7. The van der Waals surface area contributed by atoms with Crippen LogP contribution in [0.3, 0.4) is 0 Å². The maximum Gasteiger partial charge on any atom is 0.277 e. The van der Waals surface area contributed by atoms with Gasteiger partial charge in [-0.1, -0.05) is 23.9 Å². The predicted octanol–water partition coefficient (Wildman–Crippen LogP) is 3.27. The molecular formula is C22H21N3O6S2. The van der Waals surface area contributed by atoms with Crippen molar-refractivity contribution in [3.8, 4) is 11.5 Å². The van der Waals surface area contributed by atoms with Crippen LogP contribution in [-0.2, 0) is 16.4 Å². The summed E-state index contributed by atoms with van der Waals surface area (Å²) in [5.41, 5.74) is 2.04. The number of carbonyl (C=O) groups excluding carboxylic acids is 1. The Morgan fingerprint density at radius 3 is 2.82 bits per heavy atom. The third-order valence-electron chi connectivity index (χ3n) is 5.49. The van der Waals surface area contributed by atoms with Gasteiger partial charge < -0.3 is 13.9 Å². The van der Waals surface area contributed by atoms with E-state index in [-0.39, 0.29) is 35.0 Å². The van der Waals surface area contributed by atoms with Crippen molar-refractivity contribution in [1.82, 2.24) is 10.2 Å². The van der Waals surface area contributed by atoms with Crippen molar-refractivity contribution in [1.29, 1.82) is 0 Å². The van der Waals surface area contributed by atoms with Gasteiger partial charge in [0.1, 0.15) is 6.61 Å². The summed E-state index contributed by atoms with van der Waals surface area (Å²) in [5, 5.41) is 8.30. The zero-order valence-electron chi connectivity index (χ0n) is 17.8. The van der Waals surface area contributed by atoms with E-state index in [2.05, 4.69) is 10.2 Å². The summed E-state index contributed by atoms with van der Waals surface area (Å²) in [6.45, 7) is 2.28. The highest BCUT2D eigenvalue weighted by molar-refractivity contribution is 7.99. The molecule has 0 saturated carbocycles. The van der Waals surface area contributed by atoms with E-state index in [0.29, 0.717) is 35.7 Å². The molecule has 11 heteroatoms. The van der Waals surface area contributed by atoms with Crippen LogP contribution in [0.15, 0.2) is 52.1 Å². The van der Waals surface area contributed by atoms with Gasteiger partial charge in [0.15, 0.2) is 17.3 Å². The summed E-state index contributed by atoms with van der Waals surface area (Å²) in [5.74, 6) is 1.61. The standard InChI is InChI=1S/C22H21N3O6S2/c1-2-33(27,28)25-10-9-14-11-15(7-8-16(14)25)17(26)13-32-22-24-23-21(31-22)20-12-29-18-5-3-4-6-19(18)30-20/h3-8,11,20H,2,9-10,12-13H2,1H3/t20-/m0/s1. The maximum atomic E-state index is 12.7. The number of carbonyl (C=O) groups is 1. The molecule has 2 aromatic carbocycles. The van der Waals surface area contributed by atoms with Crippen LogP contribution in [0.25, 0.3) is 0 Å². The molecule has 5 rings (SSSR count). The zero-order valence-corrected chi connectivity index (χ0v) is 19.4. The van der Waals surface area contributed by atoms with Crippen molar-refractivity contribution in [2.45, 2.75) is 24.7 Å². The van der Waals surface area contributed by atoms with Crippen molar-refractivity contribution in [3.05, 3.63) is 59.5 Å². The van der Waals surface area contributed by atoms with Crippen LogP contribution in [0.5, 0.6) is 11.5 Å². The third kappa shape index (κ3) is 4.30. The number of aromatic nitrogens is 2. The Morgan fingerprint density at radius 2 is 2.00 bits per heavy atom. The number of benzene rings is 2. The minimum Gasteiger partial charge on any atom is -0.485 e. The van der Waals surface area contributed by atoms with E-state index < -0.39 is 16.1 Å². The van der Waals surface area contributed by atoms with E-state index in [4.69, 9.17) is 13.9 Å². The first-order chi connectivity index (χ1) is 15.9. The average Bonchev–Trinajstić information content (AvgIpc) is 3.49. The van der Waals surface area contributed by atoms with Gasteiger partial charge in [-0.05, 0) is 49.2 Å². The first-order valence-electron chi connectivity index (χ1n) is 10.5. The molecule has 0 N–H and O–H groups in total. The highest BCUT2D eigenvalue weighted by Gasteiger charge is 2.29. The molecule has 0 aliphatic carbocycles. The minimum atomic E-state index is -3.32. The van der Waals surface area contributed by atoms with Crippen LogP contribution < -0.4 is 13.8 Å². The van der Waals surface area contributed by atoms with Crippen LogP contribution in [0.1, 0.15) is 34.8 Å². The molecule has 0 radical (unpaired) electrons. The number of ether oxygens (including phenoxy) is 2. The molecule has 2 aliphatic rings. The summed E-state index contributed by atoms with van der Waals surface area (Å²) < 4.78 is 43.1. The number of ketones is 1. The van der Waals surface area contributed by atoms with Crippen molar-refractivity contribution >= 4 is 33.3 Å². The lowest BCUT2D eigenvalue weighted by Gasteiger charge is -2.23. The van der Waals surface area contributed by atoms with Gasteiger partial charge in [0.25, 0.3) is 11.1 Å². The molecule has 3 heterocycles. The summed E-state index contributed by atoms with van der Waals surface area (Å²) in [6, 6.07) is 12.5. The van der Waals surface area contributed by atoms with Gasteiger partial charge in [0.05, 0.1) is 17.2 Å². The number of fused-ring (bicyclic) bond motifs is 2. The molecule has 1 aromatic heterocycles. The summed E-state index contributed by atoms with van der Waals surface area (Å²) in [4.78, 5) is 12.7. The van der Waals surface area contributed by atoms with Crippen LogP contribution in [0.2, 0.25) is 0 Å². The second-order valence-electron chi connectivity index (χ2n) is 7.55. The summed E-state index contributed by atoms with van der Waals surface area (Å²) in [7, 11) is -3.32. The molecule has 0 unspecified atom stereocenters. The number of Topliss-reactive ketones (excluding diaryl/α,β-unsaturated/α-hetero) is 1. The van der Waals surface area contributed by atoms with Gasteiger partial charge in [0, 0.05) is 12.1 Å². The zero-order chi connectivity index (χ0) is 23.0. The Kier molecular flexibility index (Phi) is 5.75. The number of sulfonamides is 1. The number of nitrogens with zero attached hydrogens (tertiary/aromatic N) is 3. The smallest absolute Gasteiger partial charge is 0.277 e. The van der Waals surface area contributed by atoms with Crippen LogP contribution in [-0.4, -0.2) is 49.1 Å². The number of thioether (sulfide) groups is 1. The quantitative estimate of drug-likeness (QED) is 0.366. The van der Waals surface area contributed by atoms with Crippen LogP contribution in [0, 0.1) is 0 Å². The fourth-order valence-corrected chi connectivity index (χ4v) is 5.57. The van der Waals surface area contributed by atoms with Crippen LogP contribution in [0.4, 0.5) is 5.69 Å². The average molecular weight is 488 g/mol. The Bertz CT molecular complexity index is 1310. The number of hydrogen-bond donors (Lipinski definition) is 0. The predicted molar refractivity (Wildman–Crippen MR) is 122 cm³/mol. The lowest BCUT2D eigenvalue weighted by Crippen LogP contribution is -2.30.